The molecule has 0 aliphatic heterocycles. The van der Waals surface area contributed by atoms with Gasteiger partial charge in [-0.25, -0.2) is 0 Å². The lowest BCUT2D eigenvalue weighted by atomic mass is 10.2. The molecule has 114 valence electrons. The molecule has 0 saturated heterocycles. The summed E-state index contributed by atoms with van der Waals surface area (Å²) < 4.78 is 6.77. The van der Waals surface area contributed by atoms with E-state index in [0.717, 1.165) is 5.56 Å². The van der Waals surface area contributed by atoms with Crippen molar-refractivity contribution in [2.45, 2.75) is 46.1 Å². The van der Waals surface area contributed by atoms with Gasteiger partial charge < -0.3 is 9.84 Å². The highest BCUT2D eigenvalue weighted by atomic mass is 16.5. The van der Waals surface area contributed by atoms with Crippen molar-refractivity contribution in [3.8, 4) is 0 Å². The number of carbonyl (C=O) groups is 1. The van der Waals surface area contributed by atoms with E-state index in [-0.39, 0.29) is 17.9 Å². The van der Waals surface area contributed by atoms with Crippen LogP contribution >= 0.6 is 0 Å². The van der Waals surface area contributed by atoms with E-state index in [0.29, 0.717) is 24.7 Å². The Morgan fingerprint density at radius 3 is 2.76 bits per heavy atom. The highest BCUT2D eigenvalue weighted by molar-refractivity contribution is 5.79. The minimum absolute atomic E-state index is 0.0818. The predicted molar refractivity (Wildman–Crippen MR) is 76.8 cm³/mol. The van der Waals surface area contributed by atoms with Crippen LogP contribution in [0.3, 0.4) is 0 Å². The van der Waals surface area contributed by atoms with Crippen molar-refractivity contribution in [1.82, 2.24) is 25.2 Å². The fraction of sp³-hybridized carbons (Fsp3) is 0.571. The van der Waals surface area contributed by atoms with Gasteiger partial charge in [-0.1, -0.05) is 19.0 Å². The van der Waals surface area contributed by atoms with Crippen LogP contribution < -0.4 is 5.32 Å². The molecule has 2 rings (SSSR count). The van der Waals surface area contributed by atoms with Crippen molar-refractivity contribution in [3.05, 3.63) is 29.7 Å². The molecule has 2 aromatic heterocycles. The summed E-state index contributed by atoms with van der Waals surface area (Å²) >= 11 is 0. The molecule has 0 unspecified atom stereocenters. The summed E-state index contributed by atoms with van der Waals surface area (Å²) in [7, 11) is 0. The lowest BCUT2D eigenvalue weighted by Crippen LogP contribution is -2.32. The SMILES string of the molecule is Cc1cnn([C@H](C)C(=O)NCCc2nc(C(C)C)no2)c1. The minimum atomic E-state index is -0.340. The Morgan fingerprint density at radius 1 is 1.43 bits per heavy atom. The van der Waals surface area contributed by atoms with Crippen LogP contribution in [0.5, 0.6) is 0 Å². The van der Waals surface area contributed by atoms with Crippen LogP contribution in [0.2, 0.25) is 0 Å². The lowest BCUT2D eigenvalue weighted by molar-refractivity contribution is -0.124. The van der Waals surface area contributed by atoms with Gasteiger partial charge >= 0.3 is 0 Å². The fourth-order valence-corrected chi connectivity index (χ4v) is 1.81. The molecule has 0 aliphatic rings. The molecule has 21 heavy (non-hydrogen) atoms. The van der Waals surface area contributed by atoms with Crippen LogP contribution in [-0.2, 0) is 11.2 Å². The number of aromatic nitrogens is 4. The Morgan fingerprint density at radius 2 is 2.19 bits per heavy atom. The number of carbonyl (C=O) groups excluding carboxylic acids is 1. The molecular weight excluding hydrogens is 270 g/mol. The summed E-state index contributed by atoms with van der Waals surface area (Å²) in [4.78, 5) is 16.3. The Labute approximate surface area is 123 Å². The monoisotopic (exact) mass is 291 g/mol. The molecule has 1 N–H and O–H groups in total. The van der Waals surface area contributed by atoms with Crippen LogP contribution in [0.1, 0.15) is 50.0 Å². The summed E-state index contributed by atoms with van der Waals surface area (Å²) in [6, 6.07) is -0.340. The first-order valence-electron chi connectivity index (χ1n) is 7.08. The van der Waals surface area contributed by atoms with Gasteiger partial charge in [0.15, 0.2) is 5.82 Å². The van der Waals surface area contributed by atoms with Crippen LogP contribution in [-0.4, -0.2) is 32.4 Å². The van der Waals surface area contributed by atoms with E-state index >= 15 is 0 Å². The molecule has 7 heteroatoms. The molecule has 2 aromatic rings. The van der Waals surface area contributed by atoms with Crippen molar-refractivity contribution in [2.24, 2.45) is 0 Å². The molecule has 7 nitrogen and oxygen atoms in total. The molecule has 0 aliphatic carbocycles. The maximum absolute atomic E-state index is 12.0. The Bertz CT molecular complexity index is 602. The molecule has 0 bridgehead atoms. The van der Waals surface area contributed by atoms with Gasteiger partial charge in [-0.2, -0.15) is 10.1 Å². The zero-order valence-corrected chi connectivity index (χ0v) is 12.8. The average Bonchev–Trinajstić information content (AvgIpc) is 3.07. The van der Waals surface area contributed by atoms with E-state index in [1.54, 1.807) is 10.9 Å². The molecule has 2 heterocycles. The van der Waals surface area contributed by atoms with E-state index in [2.05, 4.69) is 20.6 Å². The number of rotatable bonds is 6. The minimum Gasteiger partial charge on any atom is -0.354 e. The van der Waals surface area contributed by atoms with Gasteiger partial charge in [-0.3, -0.25) is 9.48 Å². The highest BCUT2D eigenvalue weighted by Gasteiger charge is 2.15. The second-order valence-corrected chi connectivity index (χ2v) is 5.42. The standard InChI is InChI=1S/C14H21N5O2/c1-9(2)13-17-12(21-18-13)5-6-15-14(20)11(4)19-8-10(3)7-16-19/h7-9,11H,5-6H2,1-4H3,(H,15,20)/t11-/m1/s1. The largest absolute Gasteiger partial charge is 0.354 e. The summed E-state index contributed by atoms with van der Waals surface area (Å²) in [5.41, 5.74) is 1.03. The van der Waals surface area contributed by atoms with Gasteiger partial charge in [0.05, 0.1) is 6.20 Å². The number of nitrogens with zero attached hydrogens (tertiary/aromatic N) is 4. The lowest BCUT2D eigenvalue weighted by Gasteiger charge is -2.11. The maximum atomic E-state index is 12.0. The average molecular weight is 291 g/mol. The summed E-state index contributed by atoms with van der Waals surface area (Å²) in [5, 5.41) is 10.9. The molecule has 1 amide bonds. The van der Waals surface area contributed by atoms with Gasteiger partial charge in [0, 0.05) is 25.1 Å². The van der Waals surface area contributed by atoms with E-state index in [9.17, 15) is 4.79 Å². The summed E-state index contributed by atoms with van der Waals surface area (Å²) in [6.07, 6.45) is 4.10. The van der Waals surface area contributed by atoms with Crippen LogP contribution in [0.25, 0.3) is 0 Å². The Kier molecular flexibility index (Phi) is 4.72. The maximum Gasteiger partial charge on any atom is 0.244 e. The highest BCUT2D eigenvalue weighted by Crippen LogP contribution is 2.10. The quantitative estimate of drug-likeness (QED) is 0.874. The first-order valence-corrected chi connectivity index (χ1v) is 7.08. The second-order valence-electron chi connectivity index (χ2n) is 5.42. The van der Waals surface area contributed by atoms with Crippen molar-refractivity contribution >= 4 is 5.91 Å². The van der Waals surface area contributed by atoms with Gasteiger partial charge in [0.1, 0.15) is 6.04 Å². The number of hydrogen-bond acceptors (Lipinski definition) is 5. The molecule has 0 radical (unpaired) electrons. The van der Waals surface area contributed by atoms with Gasteiger partial charge in [-0.05, 0) is 19.4 Å². The molecule has 1 atom stereocenters. The second kappa shape index (κ2) is 6.51. The third-order valence-corrected chi connectivity index (χ3v) is 3.15. The van der Waals surface area contributed by atoms with E-state index in [1.165, 1.54) is 0 Å². The molecule has 0 spiro atoms. The van der Waals surface area contributed by atoms with Crippen molar-refractivity contribution < 1.29 is 9.32 Å². The molecule has 0 aromatic carbocycles. The molecule has 0 saturated carbocycles. The number of hydrogen-bond donors (Lipinski definition) is 1. The normalized spacial score (nSPS) is 12.6. The third kappa shape index (κ3) is 3.90. The summed E-state index contributed by atoms with van der Waals surface area (Å²) in [6.45, 7) is 8.22. The smallest absolute Gasteiger partial charge is 0.244 e. The zero-order valence-electron chi connectivity index (χ0n) is 12.8. The van der Waals surface area contributed by atoms with Crippen molar-refractivity contribution in [3.63, 3.8) is 0 Å². The fourth-order valence-electron chi connectivity index (χ4n) is 1.81. The third-order valence-electron chi connectivity index (χ3n) is 3.15. The Balaban J connectivity index is 1.81. The first kappa shape index (κ1) is 15.2. The van der Waals surface area contributed by atoms with E-state index < -0.39 is 0 Å². The first-order chi connectivity index (χ1) is 9.97. The van der Waals surface area contributed by atoms with Crippen molar-refractivity contribution in [1.29, 1.82) is 0 Å². The topological polar surface area (TPSA) is 85.8 Å². The van der Waals surface area contributed by atoms with Crippen molar-refractivity contribution in [2.75, 3.05) is 6.54 Å². The number of nitrogens with one attached hydrogen (secondary N) is 1. The van der Waals surface area contributed by atoms with Crippen LogP contribution in [0.4, 0.5) is 0 Å². The van der Waals surface area contributed by atoms with Gasteiger partial charge in [-0.15, -0.1) is 0 Å². The predicted octanol–water partition coefficient (Wildman–Crippen LogP) is 1.62. The van der Waals surface area contributed by atoms with Gasteiger partial charge in [0.25, 0.3) is 0 Å². The van der Waals surface area contributed by atoms with Crippen LogP contribution in [0.15, 0.2) is 16.9 Å². The molecular formula is C14H21N5O2. The zero-order chi connectivity index (χ0) is 15.4. The number of amides is 1. The molecule has 0 fully saturated rings. The van der Waals surface area contributed by atoms with E-state index in [1.807, 2.05) is 33.9 Å². The number of aryl methyl sites for hydroxylation is 1. The summed E-state index contributed by atoms with van der Waals surface area (Å²) in [5.74, 6) is 1.39. The van der Waals surface area contributed by atoms with Crippen LogP contribution in [0, 0.1) is 6.92 Å². The van der Waals surface area contributed by atoms with E-state index in [4.69, 9.17) is 4.52 Å². The van der Waals surface area contributed by atoms with Gasteiger partial charge in [0.2, 0.25) is 11.8 Å². The Hall–Kier alpha value is -2.18.